The van der Waals surface area contributed by atoms with E-state index in [0.29, 0.717) is 26.2 Å². The Kier molecular flexibility index (Phi) is 5.88. The summed E-state index contributed by atoms with van der Waals surface area (Å²) in [5, 5.41) is 3.18. The van der Waals surface area contributed by atoms with Crippen molar-refractivity contribution >= 4 is 18.3 Å². The Balaban J connectivity index is 0.00000176. The predicted molar refractivity (Wildman–Crippen MR) is 83.5 cm³/mol. The smallest absolute Gasteiger partial charge is 0.253 e. The molecule has 1 atom stereocenters. The summed E-state index contributed by atoms with van der Waals surface area (Å²) in [6.45, 7) is 5.39. The van der Waals surface area contributed by atoms with Gasteiger partial charge in [-0.05, 0) is 24.6 Å². The van der Waals surface area contributed by atoms with Crippen LogP contribution in [-0.4, -0.2) is 49.9 Å². The molecule has 1 amide bonds. The van der Waals surface area contributed by atoms with E-state index in [2.05, 4.69) is 5.32 Å². The molecule has 1 unspecified atom stereocenters. The molecule has 0 saturated carbocycles. The Labute approximate surface area is 136 Å². The van der Waals surface area contributed by atoms with Crippen molar-refractivity contribution in [2.75, 3.05) is 33.0 Å². The highest BCUT2D eigenvalue weighted by molar-refractivity contribution is 5.85. The number of fused-ring (bicyclic) bond motifs is 1. The van der Waals surface area contributed by atoms with Gasteiger partial charge in [0.2, 0.25) is 6.79 Å². The molecular weight excluding hydrogens is 308 g/mol. The maximum Gasteiger partial charge on any atom is 0.253 e. The van der Waals surface area contributed by atoms with Gasteiger partial charge >= 0.3 is 0 Å². The molecule has 0 aromatic heterocycles. The molecule has 0 aliphatic carbocycles. The third-order valence-corrected chi connectivity index (χ3v) is 3.71. The van der Waals surface area contributed by atoms with Crippen molar-refractivity contribution in [1.29, 1.82) is 0 Å². The average Bonchev–Trinajstić information content (AvgIpc) is 3.00. The fourth-order valence-corrected chi connectivity index (χ4v) is 2.53. The van der Waals surface area contributed by atoms with Gasteiger partial charge in [-0.25, -0.2) is 0 Å². The average molecular weight is 329 g/mol. The monoisotopic (exact) mass is 328 g/mol. The second-order valence-corrected chi connectivity index (χ2v) is 5.10. The first-order valence-electron chi connectivity index (χ1n) is 7.27. The minimum Gasteiger partial charge on any atom is -0.454 e. The molecule has 0 radical (unpaired) electrons. The Morgan fingerprint density at radius 3 is 2.91 bits per heavy atom. The van der Waals surface area contributed by atoms with Gasteiger partial charge in [0.1, 0.15) is 6.10 Å². The zero-order valence-electron chi connectivity index (χ0n) is 12.5. The Bertz CT molecular complexity index is 520. The number of hydrogen-bond donors (Lipinski definition) is 1. The lowest BCUT2D eigenvalue weighted by molar-refractivity contribution is -0.145. The SMILES string of the molecule is CCN(Cc1ccc2c(c1)OCO2)C(=O)C1CNCCO1.Cl. The summed E-state index contributed by atoms with van der Waals surface area (Å²) < 4.78 is 16.2. The molecule has 2 heterocycles. The van der Waals surface area contributed by atoms with E-state index in [1.54, 1.807) is 4.90 Å². The van der Waals surface area contributed by atoms with Crippen molar-refractivity contribution < 1.29 is 19.0 Å². The molecule has 6 nitrogen and oxygen atoms in total. The quantitative estimate of drug-likeness (QED) is 0.899. The largest absolute Gasteiger partial charge is 0.454 e. The van der Waals surface area contributed by atoms with Gasteiger partial charge < -0.3 is 24.4 Å². The molecule has 3 rings (SSSR count). The van der Waals surface area contributed by atoms with Crippen LogP contribution >= 0.6 is 12.4 Å². The topological polar surface area (TPSA) is 60.0 Å². The number of ether oxygens (including phenoxy) is 3. The van der Waals surface area contributed by atoms with Gasteiger partial charge in [0.15, 0.2) is 11.5 Å². The van der Waals surface area contributed by atoms with Gasteiger partial charge in [-0.1, -0.05) is 6.07 Å². The highest BCUT2D eigenvalue weighted by atomic mass is 35.5. The number of carbonyl (C=O) groups excluding carboxylic acids is 1. The standard InChI is InChI=1S/C15H20N2O4.ClH/c1-2-17(15(18)14-8-16-5-6-19-14)9-11-3-4-12-13(7-11)21-10-20-12;/h3-4,7,14,16H,2,5-6,8-10H2,1H3;1H. The summed E-state index contributed by atoms with van der Waals surface area (Å²) in [5.41, 5.74) is 1.03. The molecule has 1 fully saturated rings. The van der Waals surface area contributed by atoms with Crippen LogP contribution in [0.4, 0.5) is 0 Å². The van der Waals surface area contributed by atoms with Gasteiger partial charge in [0.05, 0.1) is 6.61 Å². The van der Waals surface area contributed by atoms with E-state index in [-0.39, 0.29) is 31.2 Å². The molecule has 1 saturated heterocycles. The van der Waals surface area contributed by atoms with E-state index >= 15 is 0 Å². The molecule has 7 heteroatoms. The number of benzene rings is 1. The van der Waals surface area contributed by atoms with Crippen LogP contribution in [0.5, 0.6) is 11.5 Å². The van der Waals surface area contributed by atoms with Crippen molar-refractivity contribution in [2.45, 2.75) is 19.6 Å². The van der Waals surface area contributed by atoms with Crippen molar-refractivity contribution in [3.05, 3.63) is 23.8 Å². The second kappa shape index (κ2) is 7.67. The lowest BCUT2D eigenvalue weighted by Crippen LogP contribution is -2.49. The first kappa shape index (κ1) is 16.9. The zero-order chi connectivity index (χ0) is 14.7. The third kappa shape index (κ3) is 3.63. The maximum absolute atomic E-state index is 12.5. The highest BCUT2D eigenvalue weighted by Gasteiger charge is 2.26. The molecule has 122 valence electrons. The maximum atomic E-state index is 12.5. The summed E-state index contributed by atoms with van der Waals surface area (Å²) in [6, 6.07) is 5.77. The lowest BCUT2D eigenvalue weighted by atomic mass is 10.1. The van der Waals surface area contributed by atoms with Crippen LogP contribution < -0.4 is 14.8 Å². The Morgan fingerprint density at radius 2 is 2.18 bits per heavy atom. The molecule has 1 N–H and O–H groups in total. The van der Waals surface area contributed by atoms with Crippen LogP contribution in [0.25, 0.3) is 0 Å². The van der Waals surface area contributed by atoms with Crippen molar-refractivity contribution in [3.63, 3.8) is 0 Å². The van der Waals surface area contributed by atoms with E-state index in [1.165, 1.54) is 0 Å². The van der Waals surface area contributed by atoms with Crippen LogP contribution in [0.2, 0.25) is 0 Å². The van der Waals surface area contributed by atoms with E-state index in [1.807, 2.05) is 25.1 Å². The number of hydrogen-bond acceptors (Lipinski definition) is 5. The normalized spacial score (nSPS) is 19.4. The Morgan fingerprint density at radius 1 is 1.36 bits per heavy atom. The zero-order valence-corrected chi connectivity index (χ0v) is 13.4. The van der Waals surface area contributed by atoms with Crippen LogP contribution in [-0.2, 0) is 16.1 Å². The summed E-state index contributed by atoms with van der Waals surface area (Å²) in [6.07, 6.45) is -0.382. The minimum atomic E-state index is -0.382. The van der Waals surface area contributed by atoms with Crippen molar-refractivity contribution in [1.82, 2.24) is 10.2 Å². The van der Waals surface area contributed by atoms with E-state index in [4.69, 9.17) is 14.2 Å². The molecule has 0 bridgehead atoms. The Hall–Kier alpha value is -1.50. The van der Waals surface area contributed by atoms with Gasteiger partial charge in [0.25, 0.3) is 5.91 Å². The number of morpholine rings is 1. The number of likely N-dealkylation sites (N-methyl/N-ethyl adjacent to an activating group) is 1. The van der Waals surface area contributed by atoms with E-state index in [0.717, 1.165) is 23.6 Å². The number of carbonyl (C=O) groups is 1. The van der Waals surface area contributed by atoms with Crippen LogP contribution in [0.15, 0.2) is 18.2 Å². The van der Waals surface area contributed by atoms with Gasteiger partial charge in [0, 0.05) is 26.2 Å². The summed E-state index contributed by atoms with van der Waals surface area (Å²) in [5.74, 6) is 1.53. The van der Waals surface area contributed by atoms with Crippen LogP contribution in [0, 0.1) is 0 Å². The van der Waals surface area contributed by atoms with Gasteiger partial charge in [-0.3, -0.25) is 4.79 Å². The fourth-order valence-electron chi connectivity index (χ4n) is 2.53. The number of amides is 1. The second-order valence-electron chi connectivity index (χ2n) is 5.10. The fraction of sp³-hybridized carbons (Fsp3) is 0.533. The molecule has 2 aliphatic heterocycles. The molecular formula is C15H21ClN2O4. The number of nitrogens with one attached hydrogen (secondary N) is 1. The van der Waals surface area contributed by atoms with Crippen molar-refractivity contribution in [3.8, 4) is 11.5 Å². The first-order valence-corrected chi connectivity index (χ1v) is 7.27. The first-order chi connectivity index (χ1) is 10.3. The van der Waals surface area contributed by atoms with E-state index < -0.39 is 0 Å². The van der Waals surface area contributed by atoms with Crippen LogP contribution in [0.1, 0.15) is 12.5 Å². The highest BCUT2D eigenvalue weighted by Crippen LogP contribution is 2.32. The number of rotatable bonds is 4. The summed E-state index contributed by atoms with van der Waals surface area (Å²) in [7, 11) is 0. The molecule has 1 aromatic carbocycles. The predicted octanol–water partition coefficient (Wildman–Crippen LogP) is 1.17. The van der Waals surface area contributed by atoms with Gasteiger partial charge in [-0.15, -0.1) is 12.4 Å². The summed E-state index contributed by atoms with van der Waals surface area (Å²) >= 11 is 0. The lowest BCUT2D eigenvalue weighted by Gasteiger charge is -2.29. The molecule has 1 aromatic rings. The van der Waals surface area contributed by atoms with Crippen LogP contribution in [0.3, 0.4) is 0 Å². The van der Waals surface area contributed by atoms with Crippen molar-refractivity contribution in [2.24, 2.45) is 0 Å². The number of nitrogens with zero attached hydrogens (tertiary/aromatic N) is 1. The summed E-state index contributed by atoms with van der Waals surface area (Å²) in [4.78, 5) is 14.3. The molecule has 0 spiro atoms. The van der Waals surface area contributed by atoms with E-state index in [9.17, 15) is 4.79 Å². The third-order valence-electron chi connectivity index (χ3n) is 3.71. The minimum absolute atomic E-state index is 0. The molecule has 2 aliphatic rings. The number of halogens is 1. The molecule has 22 heavy (non-hydrogen) atoms. The van der Waals surface area contributed by atoms with Gasteiger partial charge in [-0.2, -0.15) is 0 Å².